The van der Waals surface area contributed by atoms with E-state index in [1.54, 1.807) is 12.1 Å². The summed E-state index contributed by atoms with van der Waals surface area (Å²) in [5.74, 6) is 4.73. The molecule has 0 saturated carbocycles. The standard InChI is InChI=1S/C10H12BrFN2O/c1-14(13)10(15)5-2-7-6-8(11)3-4-9(7)12/h3-4,6H,2,5,13H2,1H3. The van der Waals surface area contributed by atoms with Gasteiger partial charge in [-0.15, -0.1) is 0 Å². The number of halogens is 2. The molecule has 1 rings (SSSR count). The van der Waals surface area contributed by atoms with E-state index in [1.807, 2.05) is 0 Å². The average Bonchev–Trinajstić information content (AvgIpc) is 2.18. The van der Waals surface area contributed by atoms with Gasteiger partial charge < -0.3 is 0 Å². The highest BCUT2D eigenvalue weighted by molar-refractivity contribution is 9.10. The number of carbonyl (C=O) groups is 1. The highest BCUT2D eigenvalue weighted by atomic mass is 79.9. The van der Waals surface area contributed by atoms with Gasteiger partial charge in [0.15, 0.2) is 0 Å². The molecule has 1 aromatic carbocycles. The molecule has 0 saturated heterocycles. The molecule has 2 N–H and O–H groups in total. The summed E-state index contributed by atoms with van der Waals surface area (Å²) in [5.41, 5.74) is 0.513. The van der Waals surface area contributed by atoms with Crippen molar-refractivity contribution < 1.29 is 9.18 Å². The first-order chi connectivity index (χ1) is 7.00. The van der Waals surface area contributed by atoms with Crippen LogP contribution >= 0.6 is 15.9 Å². The second-order valence-electron chi connectivity index (χ2n) is 3.24. The fraction of sp³-hybridized carbons (Fsp3) is 0.300. The molecule has 0 bridgehead atoms. The van der Waals surface area contributed by atoms with Gasteiger partial charge in [0.05, 0.1) is 0 Å². The Morgan fingerprint density at radius 2 is 2.27 bits per heavy atom. The molecule has 0 aromatic heterocycles. The Hall–Kier alpha value is -0.940. The smallest absolute Gasteiger partial charge is 0.236 e. The van der Waals surface area contributed by atoms with E-state index in [4.69, 9.17) is 5.84 Å². The third-order valence-corrected chi connectivity index (χ3v) is 2.50. The van der Waals surface area contributed by atoms with Gasteiger partial charge in [-0.05, 0) is 30.2 Å². The molecule has 0 unspecified atom stereocenters. The highest BCUT2D eigenvalue weighted by Gasteiger charge is 2.08. The van der Waals surface area contributed by atoms with Crippen LogP contribution in [0.5, 0.6) is 0 Å². The Bertz CT molecular complexity index is 368. The van der Waals surface area contributed by atoms with Gasteiger partial charge in [-0.3, -0.25) is 9.80 Å². The maximum absolute atomic E-state index is 13.2. The SMILES string of the molecule is CN(N)C(=O)CCc1cc(Br)ccc1F. The van der Waals surface area contributed by atoms with E-state index < -0.39 is 0 Å². The molecule has 0 aliphatic rings. The van der Waals surface area contributed by atoms with E-state index >= 15 is 0 Å². The molecule has 15 heavy (non-hydrogen) atoms. The first kappa shape index (κ1) is 12.1. The van der Waals surface area contributed by atoms with Crippen molar-refractivity contribution in [1.82, 2.24) is 5.01 Å². The molecule has 0 radical (unpaired) electrons. The number of carbonyl (C=O) groups excluding carboxylic acids is 1. The molecule has 5 heteroatoms. The van der Waals surface area contributed by atoms with Gasteiger partial charge in [0.2, 0.25) is 5.91 Å². The monoisotopic (exact) mass is 274 g/mol. The summed E-state index contributed by atoms with van der Waals surface area (Å²) in [5, 5.41) is 1.01. The van der Waals surface area contributed by atoms with Crippen molar-refractivity contribution in [2.24, 2.45) is 5.84 Å². The molecule has 0 spiro atoms. The van der Waals surface area contributed by atoms with Crippen molar-refractivity contribution in [1.29, 1.82) is 0 Å². The van der Waals surface area contributed by atoms with Gasteiger partial charge in [0, 0.05) is 17.9 Å². The Kier molecular flexibility index (Phi) is 4.23. The fourth-order valence-corrected chi connectivity index (χ4v) is 1.56. The van der Waals surface area contributed by atoms with Crippen LogP contribution in [0.15, 0.2) is 22.7 Å². The molecule has 1 aromatic rings. The van der Waals surface area contributed by atoms with E-state index in [2.05, 4.69) is 15.9 Å². The number of hydrogen-bond acceptors (Lipinski definition) is 2. The van der Waals surface area contributed by atoms with Crippen LogP contribution in [-0.2, 0) is 11.2 Å². The molecular weight excluding hydrogens is 263 g/mol. The van der Waals surface area contributed by atoms with Crippen LogP contribution in [0, 0.1) is 5.82 Å². The molecule has 0 fully saturated rings. The van der Waals surface area contributed by atoms with Crippen molar-refractivity contribution in [2.75, 3.05) is 7.05 Å². The second-order valence-corrected chi connectivity index (χ2v) is 4.16. The molecule has 0 aliphatic heterocycles. The normalized spacial score (nSPS) is 10.1. The van der Waals surface area contributed by atoms with Gasteiger partial charge in [-0.2, -0.15) is 0 Å². The molecule has 82 valence electrons. The minimum atomic E-state index is -0.300. The lowest BCUT2D eigenvalue weighted by molar-refractivity contribution is -0.130. The lowest BCUT2D eigenvalue weighted by Gasteiger charge is -2.09. The van der Waals surface area contributed by atoms with Crippen molar-refractivity contribution >= 4 is 21.8 Å². The van der Waals surface area contributed by atoms with Crippen LogP contribution in [0.4, 0.5) is 4.39 Å². The minimum Gasteiger partial charge on any atom is -0.284 e. The zero-order valence-electron chi connectivity index (χ0n) is 8.34. The third-order valence-electron chi connectivity index (χ3n) is 2.01. The fourth-order valence-electron chi connectivity index (χ4n) is 1.15. The molecule has 1 amide bonds. The number of nitrogens with two attached hydrogens (primary N) is 1. The van der Waals surface area contributed by atoms with Crippen LogP contribution in [-0.4, -0.2) is 18.0 Å². The van der Waals surface area contributed by atoms with Crippen LogP contribution < -0.4 is 5.84 Å². The summed E-state index contributed by atoms with van der Waals surface area (Å²) in [7, 11) is 1.47. The van der Waals surface area contributed by atoms with Crippen molar-refractivity contribution in [3.8, 4) is 0 Å². The van der Waals surface area contributed by atoms with E-state index in [1.165, 1.54) is 13.1 Å². The third kappa shape index (κ3) is 3.60. The van der Waals surface area contributed by atoms with E-state index in [0.29, 0.717) is 12.0 Å². The van der Waals surface area contributed by atoms with Gasteiger partial charge in [-0.1, -0.05) is 15.9 Å². The number of hydrazine groups is 1. The van der Waals surface area contributed by atoms with Crippen molar-refractivity contribution in [3.63, 3.8) is 0 Å². The highest BCUT2D eigenvalue weighted by Crippen LogP contribution is 2.16. The zero-order chi connectivity index (χ0) is 11.4. The average molecular weight is 275 g/mol. The maximum atomic E-state index is 13.2. The predicted molar refractivity (Wildman–Crippen MR) is 59.4 cm³/mol. The first-order valence-corrected chi connectivity index (χ1v) is 5.25. The minimum absolute atomic E-state index is 0.209. The number of rotatable bonds is 3. The Morgan fingerprint density at radius 3 is 2.87 bits per heavy atom. The summed E-state index contributed by atoms with van der Waals surface area (Å²) in [4.78, 5) is 11.2. The number of hydrogen-bond donors (Lipinski definition) is 1. The first-order valence-electron chi connectivity index (χ1n) is 4.46. The van der Waals surface area contributed by atoms with Gasteiger partial charge in [0.25, 0.3) is 0 Å². The number of amides is 1. The van der Waals surface area contributed by atoms with Crippen LogP contribution in [0.25, 0.3) is 0 Å². The largest absolute Gasteiger partial charge is 0.284 e. The molecule has 0 aliphatic carbocycles. The van der Waals surface area contributed by atoms with Gasteiger partial charge in [0.1, 0.15) is 5.82 Å². The summed E-state index contributed by atoms with van der Waals surface area (Å²) in [6.45, 7) is 0. The van der Waals surface area contributed by atoms with E-state index in [-0.39, 0.29) is 18.1 Å². The number of benzene rings is 1. The predicted octanol–water partition coefficient (Wildman–Crippen LogP) is 1.85. The summed E-state index contributed by atoms with van der Waals surface area (Å²) in [6.07, 6.45) is 0.562. The van der Waals surface area contributed by atoms with Crippen LogP contribution in [0.1, 0.15) is 12.0 Å². The molecule has 0 heterocycles. The lowest BCUT2D eigenvalue weighted by atomic mass is 10.1. The van der Waals surface area contributed by atoms with Crippen LogP contribution in [0.2, 0.25) is 0 Å². The van der Waals surface area contributed by atoms with E-state index in [9.17, 15) is 9.18 Å². The second kappa shape index (κ2) is 5.23. The maximum Gasteiger partial charge on any atom is 0.236 e. The quantitative estimate of drug-likeness (QED) is 0.520. The Morgan fingerprint density at radius 1 is 1.60 bits per heavy atom. The summed E-state index contributed by atoms with van der Waals surface area (Å²) < 4.78 is 14.0. The van der Waals surface area contributed by atoms with Gasteiger partial charge >= 0.3 is 0 Å². The lowest BCUT2D eigenvalue weighted by Crippen LogP contribution is -2.33. The van der Waals surface area contributed by atoms with E-state index in [0.717, 1.165) is 9.48 Å². The number of aryl methyl sites for hydroxylation is 1. The van der Waals surface area contributed by atoms with Crippen molar-refractivity contribution in [2.45, 2.75) is 12.8 Å². The van der Waals surface area contributed by atoms with Crippen molar-refractivity contribution in [3.05, 3.63) is 34.1 Å². The topological polar surface area (TPSA) is 46.3 Å². The van der Waals surface area contributed by atoms with Gasteiger partial charge in [-0.25, -0.2) is 10.2 Å². The molecular formula is C10H12BrFN2O. The zero-order valence-corrected chi connectivity index (χ0v) is 9.92. The number of nitrogens with zero attached hydrogens (tertiary/aromatic N) is 1. The summed E-state index contributed by atoms with van der Waals surface area (Å²) >= 11 is 3.25. The Balaban J connectivity index is 2.65. The molecule has 3 nitrogen and oxygen atoms in total. The summed E-state index contributed by atoms with van der Waals surface area (Å²) in [6, 6.07) is 4.66. The van der Waals surface area contributed by atoms with Crippen LogP contribution in [0.3, 0.4) is 0 Å². The molecule has 0 atom stereocenters. The Labute approximate surface area is 96.2 Å².